The molecule has 0 amide bonds. The van der Waals surface area contributed by atoms with Crippen LogP contribution in [0.15, 0.2) is 0 Å². The molecule has 0 bridgehead atoms. The van der Waals surface area contributed by atoms with Crippen molar-refractivity contribution < 1.29 is 45.0 Å². The summed E-state index contributed by atoms with van der Waals surface area (Å²) in [6.45, 7) is -0.723. The lowest BCUT2D eigenvalue weighted by molar-refractivity contribution is -0.215. The van der Waals surface area contributed by atoms with Crippen LogP contribution in [0.5, 0.6) is 0 Å². The summed E-state index contributed by atoms with van der Waals surface area (Å²) >= 11 is 0. The van der Waals surface area contributed by atoms with Gasteiger partial charge in [-0.3, -0.25) is 4.68 Å². The van der Waals surface area contributed by atoms with Gasteiger partial charge in [-0.2, -0.15) is 31.4 Å². The van der Waals surface area contributed by atoms with E-state index in [4.69, 9.17) is 0 Å². The van der Waals surface area contributed by atoms with Crippen LogP contribution in [0, 0.1) is 0 Å². The van der Waals surface area contributed by atoms with Crippen molar-refractivity contribution in [3.8, 4) is 0 Å². The van der Waals surface area contributed by atoms with Crippen molar-refractivity contribution in [2.45, 2.75) is 49.9 Å². The molecule has 0 spiro atoms. The molecule has 1 aromatic heterocycles. The van der Waals surface area contributed by atoms with Crippen LogP contribution in [0.2, 0.25) is 0 Å². The van der Waals surface area contributed by atoms with Crippen LogP contribution in [-0.2, 0) is 23.9 Å². The van der Waals surface area contributed by atoms with Crippen LogP contribution in [0.4, 0.5) is 35.1 Å². The van der Waals surface area contributed by atoms with Crippen LogP contribution in [-0.4, -0.2) is 40.2 Å². The standard InChI is InChI=1S/C12H12F8N2O2/c1-24-6(11(15,16)17)2-3-22-5-4-10(13,14)9(23)7(5)8(21-22)12(18,19)20/h6,9,23H,2-4H2,1H3/t6?,9-/m0/s1. The number of halogens is 8. The number of hydrogen-bond acceptors (Lipinski definition) is 3. The van der Waals surface area contributed by atoms with Crippen molar-refractivity contribution in [1.29, 1.82) is 0 Å². The first-order valence-electron chi connectivity index (χ1n) is 6.61. The zero-order valence-electron chi connectivity index (χ0n) is 12.0. The minimum Gasteiger partial charge on any atom is -0.382 e. The first-order valence-corrected chi connectivity index (χ1v) is 6.61. The third-order valence-electron chi connectivity index (χ3n) is 3.70. The second-order valence-corrected chi connectivity index (χ2v) is 5.32. The predicted molar refractivity (Wildman–Crippen MR) is 62.3 cm³/mol. The lowest BCUT2D eigenvalue weighted by Crippen LogP contribution is -2.32. The molecule has 2 atom stereocenters. The zero-order chi connectivity index (χ0) is 18.5. The predicted octanol–water partition coefficient (Wildman–Crippen LogP) is 3.09. The van der Waals surface area contributed by atoms with Gasteiger partial charge in [-0.15, -0.1) is 0 Å². The highest BCUT2D eigenvalue weighted by Crippen LogP contribution is 2.48. The summed E-state index contributed by atoms with van der Waals surface area (Å²) in [5, 5.41) is 12.5. The molecular weight excluding hydrogens is 356 g/mol. The number of hydrogen-bond donors (Lipinski definition) is 1. The molecule has 1 aromatic rings. The van der Waals surface area contributed by atoms with E-state index in [1.807, 2.05) is 0 Å². The highest BCUT2D eigenvalue weighted by molar-refractivity contribution is 5.38. The first-order chi connectivity index (χ1) is 10.8. The average molecular weight is 368 g/mol. The number of aliphatic hydroxyl groups is 1. The fourth-order valence-corrected chi connectivity index (χ4v) is 2.56. The van der Waals surface area contributed by atoms with E-state index in [-0.39, 0.29) is 0 Å². The number of aryl methyl sites for hydroxylation is 1. The van der Waals surface area contributed by atoms with E-state index in [0.717, 1.165) is 7.11 Å². The van der Waals surface area contributed by atoms with Gasteiger partial charge in [0.05, 0.1) is 12.1 Å². The second-order valence-electron chi connectivity index (χ2n) is 5.32. The zero-order valence-corrected chi connectivity index (χ0v) is 12.0. The number of methoxy groups -OCH3 is 1. The van der Waals surface area contributed by atoms with Crippen LogP contribution in [0.3, 0.4) is 0 Å². The number of aromatic nitrogens is 2. The maximum absolute atomic E-state index is 13.5. The lowest BCUT2D eigenvalue weighted by atomic mass is 10.1. The lowest BCUT2D eigenvalue weighted by Gasteiger charge is -2.19. The topological polar surface area (TPSA) is 47.3 Å². The Hall–Kier alpha value is -1.43. The Morgan fingerprint density at radius 1 is 1.29 bits per heavy atom. The fourth-order valence-electron chi connectivity index (χ4n) is 2.56. The van der Waals surface area contributed by atoms with Crippen LogP contribution in [0.1, 0.15) is 29.5 Å². The Balaban J connectivity index is 2.35. The fraction of sp³-hybridized carbons (Fsp3) is 0.750. The van der Waals surface area contributed by atoms with Gasteiger partial charge in [-0.05, 0) is 0 Å². The van der Waals surface area contributed by atoms with Gasteiger partial charge in [0.1, 0.15) is 6.10 Å². The molecule has 12 heteroatoms. The van der Waals surface area contributed by atoms with E-state index in [0.29, 0.717) is 4.68 Å². The molecule has 0 saturated carbocycles. The normalized spacial score (nSPS) is 21.8. The minimum atomic E-state index is -5.12. The number of fused-ring (bicyclic) bond motifs is 1. The highest BCUT2D eigenvalue weighted by atomic mass is 19.4. The number of alkyl halides is 8. The van der Waals surface area contributed by atoms with E-state index in [9.17, 15) is 40.2 Å². The quantitative estimate of drug-likeness (QED) is 0.831. The van der Waals surface area contributed by atoms with Gasteiger partial charge in [-0.25, -0.2) is 8.78 Å². The smallest absolute Gasteiger partial charge is 0.382 e. The van der Waals surface area contributed by atoms with Gasteiger partial charge in [-0.1, -0.05) is 0 Å². The molecule has 138 valence electrons. The summed E-state index contributed by atoms with van der Waals surface area (Å²) in [5.41, 5.74) is -3.44. The molecule has 0 aromatic carbocycles. The average Bonchev–Trinajstić information content (AvgIpc) is 2.85. The first kappa shape index (κ1) is 18.9. The summed E-state index contributed by atoms with van der Waals surface area (Å²) in [6.07, 6.45) is -16.9. The molecule has 0 saturated heterocycles. The molecule has 2 rings (SSSR count). The van der Waals surface area contributed by atoms with E-state index in [2.05, 4.69) is 9.84 Å². The molecule has 0 fully saturated rings. The van der Waals surface area contributed by atoms with Gasteiger partial charge in [0, 0.05) is 25.6 Å². The Morgan fingerprint density at radius 3 is 2.33 bits per heavy atom. The molecule has 0 aliphatic heterocycles. The van der Waals surface area contributed by atoms with Crippen LogP contribution in [0.25, 0.3) is 0 Å². The molecule has 4 nitrogen and oxygen atoms in total. The summed E-state index contributed by atoms with van der Waals surface area (Å²) in [6, 6.07) is 0. The molecule has 1 unspecified atom stereocenters. The Labute approximate surface area is 130 Å². The van der Waals surface area contributed by atoms with Gasteiger partial charge in [0.2, 0.25) is 0 Å². The Kier molecular flexibility index (Phi) is 4.59. The molecule has 24 heavy (non-hydrogen) atoms. The number of aliphatic hydroxyl groups excluding tert-OH is 1. The number of rotatable bonds is 4. The van der Waals surface area contributed by atoms with Gasteiger partial charge in [0.15, 0.2) is 11.8 Å². The summed E-state index contributed by atoms with van der Waals surface area (Å²) < 4.78 is 108. The van der Waals surface area contributed by atoms with Crippen molar-refractivity contribution in [3.05, 3.63) is 17.0 Å². The van der Waals surface area contributed by atoms with E-state index in [1.165, 1.54) is 0 Å². The minimum absolute atomic E-state index is 0.431. The van der Waals surface area contributed by atoms with Gasteiger partial charge >= 0.3 is 12.4 Å². The monoisotopic (exact) mass is 368 g/mol. The maximum Gasteiger partial charge on any atom is 0.435 e. The number of nitrogens with zero attached hydrogens (tertiary/aromatic N) is 2. The molecule has 1 aliphatic rings. The molecule has 1 N–H and O–H groups in total. The largest absolute Gasteiger partial charge is 0.435 e. The van der Waals surface area contributed by atoms with Crippen molar-refractivity contribution in [3.63, 3.8) is 0 Å². The Bertz CT molecular complexity index is 607. The molecule has 0 radical (unpaired) electrons. The Morgan fingerprint density at radius 2 is 1.88 bits per heavy atom. The van der Waals surface area contributed by atoms with Crippen molar-refractivity contribution in [2.75, 3.05) is 7.11 Å². The third kappa shape index (κ3) is 3.34. The van der Waals surface area contributed by atoms with E-state index in [1.54, 1.807) is 0 Å². The van der Waals surface area contributed by atoms with E-state index < -0.39 is 66.8 Å². The third-order valence-corrected chi connectivity index (χ3v) is 3.70. The molecule has 1 aliphatic carbocycles. The maximum atomic E-state index is 13.5. The van der Waals surface area contributed by atoms with E-state index >= 15 is 0 Å². The second kappa shape index (κ2) is 5.83. The van der Waals surface area contributed by atoms with Crippen molar-refractivity contribution in [1.82, 2.24) is 9.78 Å². The SMILES string of the molecule is COC(CCn1nc(C(F)(F)F)c2c1CC(F)(F)[C@H]2O)C(F)(F)F. The molecule has 1 heterocycles. The van der Waals surface area contributed by atoms with Gasteiger partial charge < -0.3 is 9.84 Å². The van der Waals surface area contributed by atoms with Crippen molar-refractivity contribution in [2.24, 2.45) is 0 Å². The summed E-state index contributed by atoms with van der Waals surface area (Å²) in [4.78, 5) is 0. The summed E-state index contributed by atoms with van der Waals surface area (Å²) in [7, 11) is 0.769. The molecular formula is C12H12F8N2O2. The van der Waals surface area contributed by atoms with Gasteiger partial charge in [0.25, 0.3) is 5.92 Å². The summed E-state index contributed by atoms with van der Waals surface area (Å²) in [5.74, 6) is -3.85. The van der Waals surface area contributed by atoms with Crippen LogP contribution >= 0.6 is 0 Å². The van der Waals surface area contributed by atoms with Crippen molar-refractivity contribution >= 4 is 0 Å². The number of ether oxygens (including phenoxy) is 1. The highest BCUT2D eigenvalue weighted by Gasteiger charge is 2.54. The van der Waals surface area contributed by atoms with Crippen LogP contribution < -0.4 is 0 Å².